The molecule has 8 bridgehead atoms. The molecule has 103 heavy (non-hydrogen) atoms. The Balaban J connectivity index is 0.759. The van der Waals surface area contributed by atoms with Crippen molar-refractivity contribution in [2.45, 2.75) is 176 Å². The minimum Gasteiger partial charge on any atom is -0.508 e. The van der Waals surface area contributed by atoms with E-state index in [1.165, 1.54) is 12.8 Å². The van der Waals surface area contributed by atoms with Crippen molar-refractivity contribution in [3.05, 3.63) is 245 Å². The number of phenolic OH excluding ortho intramolecular Hbond substituents is 4. The molecule has 8 aromatic carbocycles. The predicted octanol–water partition coefficient (Wildman–Crippen LogP) is 17.9. The lowest BCUT2D eigenvalue weighted by Gasteiger charge is -2.59. The van der Waals surface area contributed by atoms with E-state index in [0.717, 1.165) is 153 Å². The summed E-state index contributed by atoms with van der Waals surface area (Å²) in [5.74, 6) is 2.93. The number of rotatable bonds is 22. The average molecular weight is 1390 g/mol. The normalized spacial score (nSPS) is 23.4. The molecule has 0 heterocycles. The molecule has 0 unspecified atom stereocenters. The number of aryl methyl sites for hydroxylation is 8. The van der Waals surface area contributed by atoms with E-state index < -0.39 is 60.1 Å². The van der Waals surface area contributed by atoms with E-state index in [0.29, 0.717) is 75.0 Å². The summed E-state index contributed by atoms with van der Waals surface area (Å²) in [6, 6.07) is 41.6. The maximum atomic E-state index is 13.5. The standard InChI is InChI=1S/C89H96O14/c1-48-27-76(90)52(5)23-70(48)84(71-24-53(6)77(91)28-49(71)2)74-42-58(15-21-80(74)98-44-56-11-17-64(18-12-56)86(96)100-46-82(94)102-88(9)66-34-60-32-61(36-66)37-67(88)35-60)31-59-16-22-81(75(43-59)85(72-25-54(7)78(92)29-50(72)3)73-26-55(8)79(93)30-51(73)4)99-45-57-13-19-65(20-14-57)87(97)101-47-83(95)103-89(10)68-38-62-33-63(40-68)41-69(89)39-62/h11-30,42-43,60-63,66-69,84-85,90-93H,31-41,44-47H2,1-10H3. The van der Waals surface area contributed by atoms with E-state index in [4.69, 9.17) is 28.4 Å². The Morgan fingerprint density at radius 1 is 0.359 bits per heavy atom. The Morgan fingerprint density at radius 2 is 0.641 bits per heavy atom. The molecule has 4 N–H and O–H groups in total. The third-order valence-electron chi connectivity index (χ3n) is 24.8. The molecule has 8 saturated carbocycles. The van der Waals surface area contributed by atoms with Crippen LogP contribution in [-0.2, 0) is 48.2 Å². The van der Waals surface area contributed by atoms with Crippen LogP contribution in [0.25, 0.3) is 0 Å². The van der Waals surface area contributed by atoms with Gasteiger partial charge in [-0.15, -0.1) is 0 Å². The molecule has 0 saturated heterocycles. The van der Waals surface area contributed by atoms with Crippen molar-refractivity contribution in [3.63, 3.8) is 0 Å². The molecule has 0 atom stereocenters. The highest BCUT2D eigenvalue weighted by molar-refractivity contribution is 5.91. The van der Waals surface area contributed by atoms with Crippen LogP contribution in [0.4, 0.5) is 0 Å². The molecule has 8 aromatic rings. The molecule has 14 nitrogen and oxygen atoms in total. The molecule has 14 heteroatoms. The molecule has 536 valence electrons. The van der Waals surface area contributed by atoms with Crippen molar-refractivity contribution >= 4 is 23.9 Å². The summed E-state index contributed by atoms with van der Waals surface area (Å²) in [6.45, 7) is 18.9. The summed E-state index contributed by atoms with van der Waals surface area (Å²) in [5, 5.41) is 44.5. The van der Waals surface area contributed by atoms with Crippen LogP contribution in [-0.4, -0.2) is 68.7 Å². The zero-order chi connectivity index (χ0) is 72.5. The lowest BCUT2D eigenvalue weighted by Crippen LogP contribution is -2.58. The number of carbonyl (C=O) groups is 4. The van der Waals surface area contributed by atoms with Gasteiger partial charge in [-0.05, 0) is 337 Å². The first-order valence-electron chi connectivity index (χ1n) is 36.9. The van der Waals surface area contributed by atoms with Gasteiger partial charge >= 0.3 is 23.9 Å². The van der Waals surface area contributed by atoms with Gasteiger partial charge in [-0.25, -0.2) is 19.2 Å². The molecule has 0 aliphatic heterocycles. The van der Waals surface area contributed by atoms with Crippen molar-refractivity contribution < 1.29 is 68.0 Å². The van der Waals surface area contributed by atoms with Gasteiger partial charge in [-0.2, -0.15) is 0 Å². The molecule has 0 amide bonds. The minimum atomic E-state index is -0.623. The van der Waals surface area contributed by atoms with Gasteiger partial charge in [-0.3, -0.25) is 0 Å². The topological polar surface area (TPSA) is 205 Å². The summed E-state index contributed by atoms with van der Waals surface area (Å²) in [6.07, 6.45) is 11.7. The first-order chi connectivity index (χ1) is 49.2. The third-order valence-corrected chi connectivity index (χ3v) is 24.8. The number of hydrogen-bond acceptors (Lipinski definition) is 14. The van der Waals surface area contributed by atoms with E-state index in [2.05, 4.69) is 38.1 Å². The second-order valence-corrected chi connectivity index (χ2v) is 31.8. The molecule has 0 radical (unpaired) electrons. The van der Waals surface area contributed by atoms with Gasteiger partial charge in [0, 0.05) is 23.0 Å². The molecule has 8 fully saturated rings. The van der Waals surface area contributed by atoms with Crippen LogP contribution in [0.2, 0.25) is 0 Å². The maximum Gasteiger partial charge on any atom is 0.344 e. The fraction of sp³-hybridized carbons (Fsp3) is 0.416. The van der Waals surface area contributed by atoms with E-state index in [1.54, 1.807) is 48.5 Å². The van der Waals surface area contributed by atoms with E-state index in [1.807, 2.05) is 116 Å². The SMILES string of the molecule is Cc1cc(C(c2cc(C)c(O)cc2C)c2cc(Cc3ccc(OCc4ccc(C(=O)OCC(=O)OC5(C)C6CC7CC(C6)CC5C7)cc4)c(C(c4cc(C)c(O)cc4C)c4cc(C)c(O)cc4C)c3)ccc2OCc2ccc(C(=O)OCC(=O)OC3(C)C4CC5CC(C4)CC3C5)cc2)c(C)cc1O. The van der Waals surface area contributed by atoms with E-state index in [9.17, 15) is 39.6 Å². The van der Waals surface area contributed by atoms with Gasteiger partial charge in [0.25, 0.3) is 0 Å². The first kappa shape index (κ1) is 70.5. The van der Waals surface area contributed by atoms with Crippen LogP contribution < -0.4 is 9.47 Å². The van der Waals surface area contributed by atoms with Crippen LogP contribution in [0, 0.1) is 103 Å². The van der Waals surface area contributed by atoms with Gasteiger partial charge in [-0.1, -0.05) is 72.8 Å². The van der Waals surface area contributed by atoms with E-state index in [-0.39, 0.29) is 36.2 Å². The van der Waals surface area contributed by atoms with Crippen molar-refractivity contribution in [2.75, 3.05) is 13.2 Å². The summed E-state index contributed by atoms with van der Waals surface area (Å²) in [7, 11) is 0. The molecule has 0 spiro atoms. The van der Waals surface area contributed by atoms with Crippen LogP contribution in [0.5, 0.6) is 34.5 Å². The highest BCUT2D eigenvalue weighted by Crippen LogP contribution is 2.61. The van der Waals surface area contributed by atoms with Gasteiger partial charge in [0.05, 0.1) is 11.1 Å². The molecule has 8 aliphatic rings. The molecular weight excluding hydrogens is 1290 g/mol. The van der Waals surface area contributed by atoms with Crippen molar-refractivity contribution in [3.8, 4) is 34.5 Å². The van der Waals surface area contributed by atoms with Crippen molar-refractivity contribution in [1.82, 2.24) is 0 Å². The number of phenols is 4. The molecule has 0 aromatic heterocycles. The number of carbonyl (C=O) groups excluding carboxylic acids is 4. The summed E-state index contributed by atoms with van der Waals surface area (Å²) in [5.41, 5.74) is 14.6. The second-order valence-electron chi connectivity index (χ2n) is 31.8. The quantitative estimate of drug-likeness (QED) is 0.0283. The zero-order valence-electron chi connectivity index (χ0n) is 61.0. The number of ether oxygens (including phenoxy) is 6. The van der Waals surface area contributed by atoms with E-state index >= 15 is 0 Å². The molecular formula is C89H96O14. The highest BCUT2D eigenvalue weighted by Gasteiger charge is 2.58. The maximum absolute atomic E-state index is 13.5. The first-order valence-corrected chi connectivity index (χ1v) is 36.9. The van der Waals surface area contributed by atoms with Gasteiger partial charge in [0.2, 0.25) is 0 Å². The fourth-order valence-electron chi connectivity index (χ4n) is 19.2. The van der Waals surface area contributed by atoms with Crippen molar-refractivity contribution in [1.29, 1.82) is 0 Å². The number of esters is 4. The number of aromatic hydroxyl groups is 4. The van der Waals surface area contributed by atoms with Gasteiger partial charge < -0.3 is 48.8 Å². The van der Waals surface area contributed by atoms with Gasteiger partial charge in [0.1, 0.15) is 58.9 Å². The number of hydrogen-bond donors (Lipinski definition) is 4. The summed E-state index contributed by atoms with van der Waals surface area (Å²) >= 11 is 0. The van der Waals surface area contributed by atoms with Crippen LogP contribution in [0.15, 0.2) is 133 Å². The Bertz CT molecular complexity index is 4160. The Morgan fingerprint density at radius 3 is 0.932 bits per heavy atom. The Hall–Kier alpha value is -9.56. The largest absolute Gasteiger partial charge is 0.508 e. The molecule has 8 aliphatic carbocycles. The summed E-state index contributed by atoms with van der Waals surface area (Å²) < 4.78 is 37.4. The van der Waals surface area contributed by atoms with Crippen LogP contribution in [0.3, 0.4) is 0 Å². The second kappa shape index (κ2) is 28.2. The fourth-order valence-corrected chi connectivity index (χ4v) is 19.2. The van der Waals surface area contributed by atoms with Crippen LogP contribution >= 0.6 is 0 Å². The smallest absolute Gasteiger partial charge is 0.344 e. The minimum absolute atomic E-state index is 0.123. The predicted molar refractivity (Wildman–Crippen MR) is 393 cm³/mol. The Labute approximate surface area is 604 Å². The Kier molecular flexibility index (Phi) is 19.3. The van der Waals surface area contributed by atoms with Crippen LogP contribution in [0.1, 0.15) is 211 Å². The average Bonchev–Trinajstić information content (AvgIpc) is 0.744. The van der Waals surface area contributed by atoms with Crippen molar-refractivity contribution in [2.24, 2.45) is 47.3 Å². The lowest BCUT2D eigenvalue weighted by molar-refractivity contribution is -0.206. The number of benzene rings is 8. The van der Waals surface area contributed by atoms with Gasteiger partial charge in [0.15, 0.2) is 13.2 Å². The third kappa shape index (κ3) is 14.2. The summed E-state index contributed by atoms with van der Waals surface area (Å²) in [4.78, 5) is 53.6. The molecule has 16 rings (SSSR count). The highest BCUT2D eigenvalue weighted by atomic mass is 16.6. The lowest BCUT2D eigenvalue weighted by atomic mass is 9.50. The monoisotopic (exact) mass is 1390 g/mol. The zero-order valence-corrected chi connectivity index (χ0v) is 61.0.